The van der Waals surface area contributed by atoms with Gasteiger partial charge in [-0.1, -0.05) is 12.2 Å². The molecule has 0 aromatic carbocycles. The van der Waals surface area contributed by atoms with E-state index in [0.717, 1.165) is 6.42 Å². The van der Waals surface area contributed by atoms with Gasteiger partial charge in [-0.2, -0.15) is 0 Å². The molecular formula is C11H21NO2. The van der Waals surface area contributed by atoms with Crippen LogP contribution in [0.25, 0.3) is 0 Å². The van der Waals surface area contributed by atoms with Gasteiger partial charge in [0.15, 0.2) is 0 Å². The van der Waals surface area contributed by atoms with Crippen LogP contribution in [0, 0.1) is 0 Å². The molecule has 0 atom stereocenters. The van der Waals surface area contributed by atoms with E-state index in [0.29, 0.717) is 13.0 Å². The summed E-state index contributed by atoms with van der Waals surface area (Å²) in [4.78, 5) is 11.4. The first-order valence-electron chi connectivity index (χ1n) is 4.95. The van der Waals surface area contributed by atoms with Gasteiger partial charge in [0.2, 0.25) is 5.91 Å². The van der Waals surface area contributed by atoms with Crippen molar-refractivity contribution < 1.29 is 9.53 Å². The number of hydrogen-bond acceptors (Lipinski definition) is 2. The highest BCUT2D eigenvalue weighted by atomic mass is 16.5. The molecule has 0 heterocycles. The summed E-state index contributed by atoms with van der Waals surface area (Å²) in [6, 6.07) is 0. The van der Waals surface area contributed by atoms with E-state index in [1.165, 1.54) is 0 Å². The maximum Gasteiger partial charge on any atom is 0.222 e. The molecule has 1 N–H and O–H groups in total. The molecule has 0 unspecified atom stereocenters. The SMILES string of the molecule is C/C=C/CCNC(=O)CC(C)(C)OC. The highest BCUT2D eigenvalue weighted by molar-refractivity contribution is 5.76. The maximum absolute atomic E-state index is 11.4. The minimum Gasteiger partial charge on any atom is -0.378 e. The molecule has 0 aliphatic heterocycles. The number of carbonyl (C=O) groups excluding carboxylic acids is 1. The van der Waals surface area contributed by atoms with Gasteiger partial charge in [-0.25, -0.2) is 0 Å². The number of amides is 1. The van der Waals surface area contributed by atoms with Crippen LogP contribution >= 0.6 is 0 Å². The maximum atomic E-state index is 11.4. The Balaban J connectivity index is 3.65. The molecule has 3 nitrogen and oxygen atoms in total. The van der Waals surface area contributed by atoms with E-state index in [2.05, 4.69) is 5.32 Å². The van der Waals surface area contributed by atoms with Crippen molar-refractivity contribution in [3.05, 3.63) is 12.2 Å². The van der Waals surface area contributed by atoms with Gasteiger partial charge in [-0.3, -0.25) is 4.79 Å². The number of methoxy groups -OCH3 is 1. The topological polar surface area (TPSA) is 38.3 Å². The highest BCUT2D eigenvalue weighted by Gasteiger charge is 2.20. The lowest BCUT2D eigenvalue weighted by atomic mass is 10.1. The average Bonchev–Trinajstić information content (AvgIpc) is 2.12. The monoisotopic (exact) mass is 199 g/mol. The van der Waals surface area contributed by atoms with Crippen molar-refractivity contribution in [1.29, 1.82) is 0 Å². The molecular weight excluding hydrogens is 178 g/mol. The normalized spacial score (nSPS) is 12.0. The van der Waals surface area contributed by atoms with Crippen molar-refractivity contribution in [3.8, 4) is 0 Å². The molecule has 1 amide bonds. The molecule has 0 saturated heterocycles. The van der Waals surface area contributed by atoms with Crippen molar-refractivity contribution in [1.82, 2.24) is 5.32 Å². The van der Waals surface area contributed by atoms with Crippen molar-refractivity contribution in [2.45, 2.75) is 39.2 Å². The van der Waals surface area contributed by atoms with E-state index in [-0.39, 0.29) is 11.5 Å². The summed E-state index contributed by atoms with van der Waals surface area (Å²) < 4.78 is 5.16. The smallest absolute Gasteiger partial charge is 0.222 e. The molecule has 0 spiro atoms. The number of hydrogen-bond donors (Lipinski definition) is 1. The van der Waals surface area contributed by atoms with Crippen molar-refractivity contribution in [3.63, 3.8) is 0 Å². The molecule has 82 valence electrons. The number of rotatable bonds is 6. The molecule has 0 aromatic rings. The first-order valence-corrected chi connectivity index (χ1v) is 4.95. The van der Waals surface area contributed by atoms with Gasteiger partial charge in [-0.05, 0) is 27.2 Å². The van der Waals surface area contributed by atoms with Gasteiger partial charge in [0, 0.05) is 13.7 Å². The lowest BCUT2D eigenvalue weighted by molar-refractivity contribution is -0.126. The minimum absolute atomic E-state index is 0.0429. The number of carbonyl (C=O) groups is 1. The third-order valence-electron chi connectivity index (χ3n) is 2.01. The second-order valence-corrected chi connectivity index (χ2v) is 3.85. The van der Waals surface area contributed by atoms with Crippen LogP contribution in [-0.2, 0) is 9.53 Å². The number of nitrogens with one attached hydrogen (secondary N) is 1. The Labute approximate surface area is 86.5 Å². The Morgan fingerprint density at radius 2 is 2.14 bits per heavy atom. The third kappa shape index (κ3) is 6.66. The molecule has 0 fully saturated rings. The zero-order valence-electron chi connectivity index (χ0n) is 9.59. The first-order chi connectivity index (χ1) is 6.52. The van der Waals surface area contributed by atoms with Crippen LogP contribution in [0.4, 0.5) is 0 Å². The second kappa shape index (κ2) is 6.60. The number of ether oxygens (including phenoxy) is 1. The fraction of sp³-hybridized carbons (Fsp3) is 0.727. The Kier molecular flexibility index (Phi) is 6.21. The summed E-state index contributed by atoms with van der Waals surface area (Å²) in [5.74, 6) is 0.0429. The van der Waals surface area contributed by atoms with E-state index < -0.39 is 0 Å². The van der Waals surface area contributed by atoms with Gasteiger partial charge in [-0.15, -0.1) is 0 Å². The summed E-state index contributed by atoms with van der Waals surface area (Å²) >= 11 is 0. The predicted octanol–water partition coefficient (Wildman–Crippen LogP) is 1.88. The van der Waals surface area contributed by atoms with Crippen LogP contribution < -0.4 is 5.32 Å². The van der Waals surface area contributed by atoms with Gasteiger partial charge >= 0.3 is 0 Å². The fourth-order valence-corrected chi connectivity index (χ4v) is 0.983. The fourth-order valence-electron chi connectivity index (χ4n) is 0.983. The minimum atomic E-state index is -0.370. The average molecular weight is 199 g/mol. The van der Waals surface area contributed by atoms with Crippen LogP contribution in [-0.4, -0.2) is 25.2 Å². The Bertz CT molecular complexity index is 197. The molecule has 14 heavy (non-hydrogen) atoms. The second-order valence-electron chi connectivity index (χ2n) is 3.85. The van der Waals surface area contributed by atoms with Crippen LogP contribution in [0.1, 0.15) is 33.6 Å². The molecule has 0 aromatic heterocycles. The van der Waals surface area contributed by atoms with Crippen LogP contribution in [0.3, 0.4) is 0 Å². The molecule has 0 bridgehead atoms. The Hall–Kier alpha value is -0.830. The summed E-state index contributed by atoms with van der Waals surface area (Å²) in [6.07, 6.45) is 5.29. The largest absolute Gasteiger partial charge is 0.378 e. The summed E-state index contributed by atoms with van der Waals surface area (Å²) in [6.45, 7) is 6.47. The molecule has 0 aliphatic rings. The van der Waals surface area contributed by atoms with E-state index in [9.17, 15) is 4.79 Å². The molecule has 0 saturated carbocycles. The van der Waals surface area contributed by atoms with Crippen molar-refractivity contribution >= 4 is 5.91 Å². The standard InChI is InChI=1S/C11H21NO2/c1-5-6-7-8-12-10(13)9-11(2,3)14-4/h5-6H,7-9H2,1-4H3,(H,12,13)/b6-5+. The van der Waals surface area contributed by atoms with Gasteiger partial charge in [0.25, 0.3) is 0 Å². The van der Waals surface area contributed by atoms with E-state index >= 15 is 0 Å². The first kappa shape index (κ1) is 13.2. The van der Waals surface area contributed by atoms with Crippen molar-refractivity contribution in [2.24, 2.45) is 0 Å². The van der Waals surface area contributed by atoms with Gasteiger partial charge < -0.3 is 10.1 Å². The Morgan fingerprint density at radius 3 is 2.64 bits per heavy atom. The molecule has 0 radical (unpaired) electrons. The Morgan fingerprint density at radius 1 is 1.50 bits per heavy atom. The van der Waals surface area contributed by atoms with Crippen LogP contribution in [0.15, 0.2) is 12.2 Å². The zero-order valence-corrected chi connectivity index (χ0v) is 9.59. The lowest BCUT2D eigenvalue weighted by Crippen LogP contribution is -2.34. The molecule has 3 heteroatoms. The van der Waals surface area contributed by atoms with E-state index in [1.807, 2.05) is 32.9 Å². The predicted molar refractivity (Wildman–Crippen MR) is 58.1 cm³/mol. The lowest BCUT2D eigenvalue weighted by Gasteiger charge is -2.21. The quantitative estimate of drug-likeness (QED) is 0.524. The van der Waals surface area contributed by atoms with E-state index in [1.54, 1.807) is 7.11 Å². The van der Waals surface area contributed by atoms with Crippen LogP contribution in [0.5, 0.6) is 0 Å². The van der Waals surface area contributed by atoms with Gasteiger partial charge in [0.05, 0.1) is 12.0 Å². The zero-order chi connectivity index (χ0) is 11.0. The number of allylic oxidation sites excluding steroid dienone is 1. The van der Waals surface area contributed by atoms with Crippen molar-refractivity contribution in [2.75, 3.05) is 13.7 Å². The molecule has 0 rings (SSSR count). The summed E-state index contributed by atoms with van der Waals surface area (Å²) in [7, 11) is 1.62. The summed E-state index contributed by atoms with van der Waals surface area (Å²) in [5, 5.41) is 2.84. The molecule has 0 aliphatic carbocycles. The van der Waals surface area contributed by atoms with E-state index in [4.69, 9.17) is 4.74 Å². The third-order valence-corrected chi connectivity index (χ3v) is 2.01. The highest BCUT2D eigenvalue weighted by Crippen LogP contribution is 2.11. The summed E-state index contributed by atoms with van der Waals surface area (Å²) in [5.41, 5.74) is -0.370. The van der Waals surface area contributed by atoms with Gasteiger partial charge in [0.1, 0.15) is 0 Å². The van der Waals surface area contributed by atoms with Crippen LogP contribution in [0.2, 0.25) is 0 Å².